The van der Waals surface area contributed by atoms with Crippen molar-refractivity contribution < 1.29 is 9.59 Å². The Labute approximate surface area is 156 Å². The van der Waals surface area contributed by atoms with Gasteiger partial charge in [0.05, 0.1) is 6.20 Å². The summed E-state index contributed by atoms with van der Waals surface area (Å²) in [4.78, 5) is 31.3. The van der Waals surface area contributed by atoms with Gasteiger partial charge in [0.15, 0.2) is 0 Å². The lowest BCUT2D eigenvalue weighted by Gasteiger charge is -2.44. The number of anilines is 1. The summed E-state index contributed by atoms with van der Waals surface area (Å²) in [5.41, 5.74) is 1.62. The smallest absolute Gasteiger partial charge is 0.263 e. The summed E-state index contributed by atoms with van der Waals surface area (Å²) >= 11 is 1.38. The fraction of sp³-hybridized carbons (Fsp3) is 0.421. The van der Waals surface area contributed by atoms with Gasteiger partial charge < -0.3 is 15.5 Å². The molecular formula is C19H22N4O2S. The third-order valence-corrected chi connectivity index (χ3v) is 6.18. The van der Waals surface area contributed by atoms with Gasteiger partial charge in [0.1, 0.15) is 9.88 Å². The van der Waals surface area contributed by atoms with Gasteiger partial charge in [-0.15, -0.1) is 11.3 Å². The zero-order valence-corrected chi connectivity index (χ0v) is 15.5. The number of piperidine rings is 3. The lowest BCUT2D eigenvalue weighted by atomic mass is 9.84. The van der Waals surface area contributed by atoms with Crippen LogP contribution in [0.25, 0.3) is 10.6 Å². The number of amides is 2. The molecule has 3 fully saturated rings. The zero-order valence-electron chi connectivity index (χ0n) is 14.7. The molecule has 3 saturated heterocycles. The van der Waals surface area contributed by atoms with Gasteiger partial charge in [-0.3, -0.25) is 9.59 Å². The Morgan fingerprint density at radius 2 is 2.08 bits per heavy atom. The summed E-state index contributed by atoms with van der Waals surface area (Å²) < 4.78 is 0. The van der Waals surface area contributed by atoms with E-state index >= 15 is 0 Å². The van der Waals surface area contributed by atoms with E-state index in [9.17, 15) is 9.59 Å². The molecule has 2 aromatic rings. The number of carbonyl (C=O) groups is 2. The molecule has 0 spiro atoms. The Morgan fingerprint density at radius 3 is 2.77 bits per heavy atom. The molecule has 136 valence electrons. The molecule has 2 bridgehead atoms. The summed E-state index contributed by atoms with van der Waals surface area (Å²) in [5.74, 6) is 0.454. The minimum atomic E-state index is -0.112. The number of carbonyl (C=O) groups excluding carboxylic acids is 2. The fourth-order valence-corrected chi connectivity index (χ4v) is 4.63. The first-order valence-electron chi connectivity index (χ1n) is 8.95. The molecule has 1 atom stereocenters. The van der Waals surface area contributed by atoms with Crippen molar-refractivity contribution in [3.05, 3.63) is 35.3 Å². The monoisotopic (exact) mass is 370 g/mol. The highest BCUT2D eigenvalue weighted by Gasteiger charge is 2.35. The first-order valence-corrected chi connectivity index (χ1v) is 9.77. The molecule has 2 amide bonds. The fourth-order valence-electron chi connectivity index (χ4n) is 3.81. The molecule has 3 aliphatic heterocycles. The number of thiazole rings is 1. The van der Waals surface area contributed by atoms with Gasteiger partial charge in [-0.1, -0.05) is 12.1 Å². The predicted octanol–water partition coefficient (Wildman–Crippen LogP) is 2.59. The standard InChI is InChI=1S/C19H22N4O2S/c1-12(24)21-15-4-2-3-14(9-15)19-20-10-17(26-19)18(25)22-16-11-23-7-5-13(16)6-8-23/h2-4,9-10,13,16H,5-8,11H2,1H3,(H,21,24)(H,22,25)/t16-/m0/s1. The number of rotatable bonds is 4. The van der Waals surface area contributed by atoms with Crippen molar-refractivity contribution >= 4 is 28.8 Å². The van der Waals surface area contributed by atoms with E-state index in [-0.39, 0.29) is 17.9 Å². The second-order valence-electron chi connectivity index (χ2n) is 7.01. The van der Waals surface area contributed by atoms with Gasteiger partial charge in [-0.2, -0.15) is 0 Å². The van der Waals surface area contributed by atoms with E-state index in [1.54, 1.807) is 6.20 Å². The van der Waals surface area contributed by atoms with Crippen molar-refractivity contribution in [2.75, 3.05) is 25.0 Å². The maximum atomic E-state index is 12.6. The minimum absolute atomic E-state index is 0.0366. The average molecular weight is 370 g/mol. The molecule has 1 aromatic heterocycles. The second kappa shape index (κ2) is 7.17. The zero-order chi connectivity index (χ0) is 18.1. The average Bonchev–Trinajstić information content (AvgIpc) is 3.13. The molecule has 26 heavy (non-hydrogen) atoms. The Morgan fingerprint density at radius 1 is 1.27 bits per heavy atom. The largest absolute Gasteiger partial charge is 0.347 e. The maximum absolute atomic E-state index is 12.6. The van der Waals surface area contributed by atoms with Crippen molar-refractivity contribution in [2.24, 2.45) is 5.92 Å². The van der Waals surface area contributed by atoms with E-state index in [1.807, 2.05) is 24.3 Å². The lowest BCUT2D eigenvalue weighted by Crippen LogP contribution is -2.57. The van der Waals surface area contributed by atoms with E-state index < -0.39 is 0 Å². The molecular weight excluding hydrogens is 348 g/mol. The van der Waals surface area contributed by atoms with Crippen LogP contribution in [-0.4, -0.2) is 47.4 Å². The molecule has 0 aliphatic carbocycles. The molecule has 0 radical (unpaired) electrons. The van der Waals surface area contributed by atoms with Crippen LogP contribution < -0.4 is 10.6 Å². The summed E-state index contributed by atoms with van der Waals surface area (Å²) in [6.07, 6.45) is 3.99. The van der Waals surface area contributed by atoms with Crippen LogP contribution in [-0.2, 0) is 4.79 Å². The number of fused-ring (bicyclic) bond motifs is 3. The van der Waals surface area contributed by atoms with Gasteiger partial charge in [-0.05, 0) is 44.0 Å². The highest BCUT2D eigenvalue weighted by atomic mass is 32.1. The highest BCUT2D eigenvalue weighted by molar-refractivity contribution is 7.16. The highest BCUT2D eigenvalue weighted by Crippen LogP contribution is 2.29. The van der Waals surface area contributed by atoms with Crippen LogP contribution in [0.3, 0.4) is 0 Å². The number of nitrogens with zero attached hydrogens (tertiary/aromatic N) is 2. The third-order valence-electron chi connectivity index (χ3n) is 5.13. The van der Waals surface area contributed by atoms with Crippen LogP contribution in [0.1, 0.15) is 29.4 Å². The first kappa shape index (κ1) is 17.2. The third kappa shape index (κ3) is 3.64. The molecule has 2 N–H and O–H groups in total. The van der Waals surface area contributed by atoms with Gasteiger partial charge in [-0.25, -0.2) is 4.98 Å². The molecule has 3 aliphatic rings. The molecule has 5 rings (SSSR count). The Bertz CT molecular complexity index is 826. The van der Waals surface area contributed by atoms with E-state index in [4.69, 9.17) is 0 Å². The van der Waals surface area contributed by atoms with Gasteiger partial charge >= 0.3 is 0 Å². The second-order valence-corrected chi connectivity index (χ2v) is 8.04. The summed E-state index contributed by atoms with van der Waals surface area (Å²) in [6, 6.07) is 7.75. The molecule has 4 heterocycles. The first-order chi connectivity index (χ1) is 12.6. The minimum Gasteiger partial charge on any atom is -0.347 e. The van der Waals surface area contributed by atoms with Gasteiger partial charge in [0, 0.05) is 30.8 Å². The number of nitrogens with one attached hydrogen (secondary N) is 2. The van der Waals surface area contributed by atoms with E-state index in [0.29, 0.717) is 10.8 Å². The van der Waals surface area contributed by atoms with Crippen LogP contribution >= 0.6 is 11.3 Å². The van der Waals surface area contributed by atoms with Crippen LogP contribution in [0.5, 0.6) is 0 Å². The number of hydrogen-bond donors (Lipinski definition) is 2. The summed E-state index contributed by atoms with van der Waals surface area (Å²) in [5, 5.41) is 6.74. The Kier molecular flexibility index (Phi) is 4.74. The normalized spacial score (nSPS) is 24.3. The Hall–Kier alpha value is -2.25. The maximum Gasteiger partial charge on any atom is 0.263 e. The molecule has 0 unspecified atom stereocenters. The van der Waals surface area contributed by atoms with Crippen molar-refractivity contribution in [2.45, 2.75) is 25.8 Å². The Balaban J connectivity index is 1.46. The van der Waals surface area contributed by atoms with E-state index in [0.717, 1.165) is 35.9 Å². The quantitative estimate of drug-likeness (QED) is 0.868. The van der Waals surface area contributed by atoms with Crippen molar-refractivity contribution in [3.63, 3.8) is 0 Å². The predicted molar refractivity (Wildman–Crippen MR) is 102 cm³/mol. The molecule has 7 heteroatoms. The van der Waals surface area contributed by atoms with Crippen molar-refractivity contribution in [1.29, 1.82) is 0 Å². The van der Waals surface area contributed by atoms with Gasteiger partial charge in [0.2, 0.25) is 5.91 Å². The van der Waals surface area contributed by atoms with Crippen LogP contribution in [0, 0.1) is 5.92 Å². The molecule has 6 nitrogen and oxygen atoms in total. The van der Waals surface area contributed by atoms with Crippen LogP contribution in [0.15, 0.2) is 30.5 Å². The topological polar surface area (TPSA) is 74.3 Å². The summed E-state index contributed by atoms with van der Waals surface area (Å²) in [7, 11) is 0. The van der Waals surface area contributed by atoms with Crippen molar-refractivity contribution in [3.8, 4) is 10.6 Å². The molecule has 1 aromatic carbocycles. The van der Waals surface area contributed by atoms with Crippen molar-refractivity contribution in [1.82, 2.24) is 15.2 Å². The van der Waals surface area contributed by atoms with Crippen LogP contribution in [0.2, 0.25) is 0 Å². The summed E-state index contributed by atoms with van der Waals surface area (Å²) in [6.45, 7) is 4.76. The lowest BCUT2D eigenvalue weighted by molar-refractivity contribution is -0.114. The number of aromatic nitrogens is 1. The number of hydrogen-bond acceptors (Lipinski definition) is 5. The molecule has 0 saturated carbocycles. The number of benzene rings is 1. The van der Waals surface area contributed by atoms with Gasteiger partial charge in [0.25, 0.3) is 5.91 Å². The SMILES string of the molecule is CC(=O)Nc1cccc(-c2ncc(C(=O)N[C@H]3CN4CCC3CC4)s2)c1. The van der Waals surface area contributed by atoms with Crippen LogP contribution in [0.4, 0.5) is 5.69 Å². The van der Waals surface area contributed by atoms with E-state index in [2.05, 4.69) is 20.5 Å². The van der Waals surface area contributed by atoms with E-state index in [1.165, 1.54) is 31.1 Å².